The fraction of sp³-hybridized carbons (Fsp3) is 0. The van der Waals surface area contributed by atoms with E-state index in [1.807, 2.05) is 12.1 Å². The molecule has 2 N–H and O–H groups in total. The third-order valence-corrected chi connectivity index (χ3v) is 4.12. The first-order chi connectivity index (χ1) is 11.6. The Bertz CT molecular complexity index is 1050. The highest BCUT2D eigenvalue weighted by Gasteiger charge is 2.12. The minimum atomic E-state index is -0.371. The molecule has 118 valence electrons. The van der Waals surface area contributed by atoms with E-state index in [0.717, 1.165) is 5.56 Å². The lowest BCUT2D eigenvalue weighted by atomic mass is 10.1. The third kappa shape index (κ3) is 2.39. The summed E-state index contributed by atoms with van der Waals surface area (Å²) in [5.41, 5.74) is 7.97. The number of benzene rings is 1. The average Bonchev–Trinajstić information content (AvgIpc) is 3.13. The van der Waals surface area contributed by atoms with Crippen LogP contribution in [0.4, 0.5) is 10.2 Å². The SMILES string of the molecule is Nc1ncc(-c2ccco2)cc1-c1cc2c(Cl)ccc(F)c2cn1. The van der Waals surface area contributed by atoms with Gasteiger partial charge in [-0.3, -0.25) is 4.98 Å². The zero-order valence-electron chi connectivity index (χ0n) is 12.3. The van der Waals surface area contributed by atoms with E-state index >= 15 is 0 Å². The normalized spacial score (nSPS) is 11.1. The fourth-order valence-corrected chi connectivity index (χ4v) is 2.79. The second-order valence-electron chi connectivity index (χ2n) is 5.28. The molecule has 3 heterocycles. The molecular weight excluding hydrogens is 329 g/mol. The molecule has 0 radical (unpaired) electrons. The van der Waals surface area contributed by atoms with Crippen LogP contribution in [0, 0.1) is 5.82 Å². The largest absolute Gasteiger partial charge is 0.464 e. The van der Waals surface area contributed by atoms with E-state index in [4.69, 9.17) is 21.8 Å². The van der Waals surface area contributed by atoms with E-state index in [1.165, 1.54) is 18.3 Å². The van der Waals surface area contributed by atoms with E-state index in [9.17, 15) is 4.39 Å². The third-order valence-electron chi connectivity index (χ3n) is 3.79. The molecule has 0 aliphatic heterocycles. The van der Waals surface area contributed by atoms with Crippen molar-refractivity contribution >= 4 is 28.2 Å². The molecule has 0 bridgehead atoms. The van der Waals surface area contributed by atoms with Crippen LogP contribution in [-0.2, 0) is 0 Å². The van der Waals surface area contributed by atoms with Crippen LogP contribution in [0.5, 0.6) is 0 Å². The van der Waals surface area contributed by atoms with Crippen molar-refractivity contribution in [2.24, 2.45) is 0 Å². The molecule has 4 aromatic rings. The van der Waals surface area contributed by atoms with Crippen molar-refractivity contribution in [1.29, 1.82) is 0 Å². The van der Waals surface area contributed by atoms with Gasteiger partial charge in [0.1, 0.15) is 17.4 Å². The fourth-order valence-electron chi connectivity index (χ4n) is 2.57. The van der Waals surface area contributed by atoms with Crippen molar-refractivity contribution in [1.82, 2.24) is 9.97 Å². The number of hydrogen-bond donors (Lipinski definition) is 1. The van der Waals surface area contributed by atoms with Crippen LogP contribution in [0.15, 0.2) is 59.5 Å². The smallest absolute Gasteiger partial charge is 0.135 e. The molecule has 0 aliphatic carbocycles. The van der Waals surface area contributed by atoms with Gasteiger partial charge in [-0.05, 0) is 36.4 Å². The van der Waals surface area contributed by atoms with Gasteiger partial charge >= 0.3 is 0 Å². The standard InChI is InChI=1S/C18H11ClFN3O/c19-14-3-4-15(20)13-9-22-16(7-11(13)14)12-6-10(8-23-18(12)21)17-2-1-5-24-17/h1-9H,(H2,21,23). The first-order valence-electron chi connectivity index (χ1n) is 7.17. The zero-order valence-corrected chi connectivity index (χ0v) is 13.1. The Hall–Kier alpha value is -2.92. The number of hydrogen-bond acceptors (Lipinski definition) is 4. The van der Waals surface area contributed by atoms with Gasteiger partial charge in [0.15, 0.2) is 0 Å². The highest BCUT2D eigenvalue weighted by atomic mass is 35.5. The van der Waals surface area contributed by atoms with E-state index in [-0.39, 0.29) is 5.82 Å². The van der Waals surface area contributed by atoms with Crippen molar-refractivity contribution in [2.45, 2.75) is 0 Å². The first-order valence-corrected chi connectivity index (χ1v) is 7.55. The quantitative estimate of drug-likeness (QED) is 0.562. The molecule has 1 aromatic carbocycles. The van der Waals surface area contributed by atoms with Gasteiger partial charge in [0.05, 0.1) is 12.0 Å². The van der Waals surface area contributed by atoms with Gasteiger partial charge in [-0.15, -0.1) is 0 Å². The minimum absolute atomic E-state index is 0.324. The van der Waals surface area contributed by atoms with Gasteiger partial charge in [-0.2, -0.15) is 0 Å². The van der Waals surface area contributed by atoms with Gasteiger partial charge in [-0.25, -0.2) is 9.37 Å². The predicted molar refractivity (Wildman–Crippen MR) is 92.1 cm³/mol. The van der Waals surface area contributed by atoms with E-state index in [2.05, 4.69) is 9.97 Å². The van der Waals surface area contributed by atoms with Crippen LogP contribution in [-0.4, -0.2) is 9.97 Å². The first kappa shape index (κ1) is 14.7. The van der Waals surface area contributed by atoms with Gasteiger partial charge in [0.25, 0.3) is 0 Å². The lowest BCUT2D eigenvalue weighted by Gasteiger charge is -2.08. The maximum atomic E-state index is 13.9. The molecule has 0 amide bonds. The Morgan fingerprint density at radius 1 is 1.04 bits per heavy atom. The number of anilines is 1. The summed E-state index contributed by atoms with van der Waals surface area (Å²) >= 11 is 6.18. The van der Waals surface area contributed by atoms with Crippen LogP contribution in [0.25, 0.3) is 33.4 Å². The topological polar surface area (TPSA) is 64.9 Å². The lowest BCUT2D eigenvalue weighted by Crippen LogP contribution is -1.96. The van der Waals surface area contributed by atoms with Crippen LogP contribution >= 0.6 is 11.6 Å². The second kappa shape index (κ2) is 5.62. The van der Waals surface area contributed by atoms with E-state index in [0.29, 0.717) is 38.6 Å². The van der Waals surface area contributed by atoms with Crippen LogP contribution < -0.4 is 5.73 Å². The Kier molecular flexibility index (Phi) is 3.43. The summed E-state index contributed by atoms with van der Waals surface area (Å²) < 4.78 is 19.3. The monoisotopic (exact) mass is 339 g/mol. The maximum Gasteiger partial charge on any atom is 0.135 e. The number of furan rings is 1. The zero-order chi connectivity index (χ0) is 16.7. The number of fused-ring (bicyclic) bond motifs is 1. The summed E-state index contributed by atoms with van der Waals surface area (Å²) in [6.07, 6.45) is 4.67. The molecule has 0 unspecified atom stereocenters. The number of nitrogen functional groups attached to an aromatic ring is 1. The number of nitrogens with two attached hydrogens (primary N) is 1. The summed E-state index contributed by atoms with van der Waals surface area (Å²) in [4.78, 5) is 8.52. The molecule has 4 nitrogen and oxygen atoms in total. The molecule has 0 atom stereocenters. The number of halogens is 2. The van der Waals surface area contributed by atoms with Crippen molar-refractivity contribution in [2.75, 3.05) is 5.73 Å². The Morgan fingerprint density at radius 3 is 2.71 bits per heavy atom. The van der Waals surface area contributed by atoms with E-state index < -0.39 is 0 Å². The molecule has 6 heteroatoms. The van der Waals surface area contributed by atoms with Crippen molar-refractivity contribution in [3.05, 3.63) is 65.9 Å². The van der Waals surface area contributed by atoms with Gasteiger partial charge in [0.2, 0.25) is 0 Å². The van der Waals surface area contributed by atoms with Gasteiger partial charge in [-0.1, -0.05) is 11.6 Å². The second-order valence-corrected chi connectivity index (χ2v) is 5.69. The summed E-state index contributed by atoms with van der Waals surface area (Å²) in [6.45, 7) is 0. The summed E-state index contributed by atoms with van der Waals surface area (Å²) in [7, 11) is 0. The maximum absolute atomic E-state index is 13.9. The summed E-state index contributed by atoms with van der Waals surface area (Å²) in [6, 6.07) is 10.0. The highest BCUT2D eigenvalue weighted by molar-refractivity contribution is 6.35. The lowest BCUT2D eigenvalue weighted by molar-refractivity contribution is 0.582. The van der Waals surface area contributed by atoms with Crippen molar-refractivity contribution in [3.63, 3.8) is 0 Å². The number of nitrogens with zero attached hydrogens (tertiary/aromatic N) is 2. The van der Waals surface area contributed by atoms with Crippen molar-refractivity contribution in [3.8, 4) is 22.6 Å². The molecule has 0 fully saturated rings. The Labute approximate surface area is 141 Å². The molecule has 3 aromatic heterocycles. The number of aromatic nitrogens is 2. The molecule has 24 heavy (non-hydrogen) atoms. The van der Waals surface area contributed by atoms with Gasteiger partial charge < -0.3 is 10.2 Å². The summed E-state index contributed by atoms with van der Waals surface area (Å²) in [5, 5.41) is 1.38. The molecule has 4 rings (SSSR count). The Balaban J connectivity index is 1.91. The molecule has 0 spiro atoms. The van der Waals surface area contributed by atoms with Gasteiger partial charge in [0, 0.05) is 39.3 Å². The van der Waals surface area contributed by atoms with Crippen LogP contribution in [0.3, 0.4) is 0 Å². The molecular formula is C18H11ClFN3O. The van der Waals surface area contributed by atoms with Crippen LogP contribution in [0.1, 0.15) is 0 Å². The predicted octanol–water partition coefficient (Wildman–Crippen LogP) is 4.93. The van der Waals surface area contributed by atoms with Crippen molar-refractivity contribution < 1.29 is 8.81 Å². The number of rotatable bonds is 2. The molecule has 0 saturated heterocycles. The summed E-state index contributed by atoms with van der Waals surface area (Å²) in [5.74, 6) is 0.627. The number of pyridine rings is 2. The Morgan fingerprint density at radius 2 is 1.92 bits per heavy atom. The molecule has 0 aliphatic rings. The van der Waals surface area contributed by atoms with E-state index in [1.54, 1.807) is 24.6 Å². The molecule has 0 saturated carbocycles. The average molecular weight is 340 g/mol. The van der Waals surface area contributed by atoms with Crippen LogP contribution in [0.2, 0.25) is 5.02 Å². The minimum Gasteiger partial charge on any atom is -0.464 e. The highest BCUT2D eigenvalue weighted by Crippen LogP contribution is 2.32.